The van der Waals surface area contributed by atoms with E-state index < -0.39 is 0 Å². The van der Waals surface area contributed by atoms with Gasteiger partial charge >= 0.3 is 0 Å². The van der Waals surface area contributed by atoms with Crippen molar-refractivity contribution in [1.82, 2.24) is 0 Å². The summed E-state index contributed by atoms with van der Waals surface area (Å²) in [5.74, 6) is 0. The van der Waals surface area contributed by atoms with E-state index in [0.29, 0.717) is 0 Å². The fraction of sp³-hybridized carbons (Fsp3) is 0.0606. The van der Waals surface area contributed by atoms with Gasteiger partial charge in [0.05, 0.1) is 11.4 Å². The molecule has 0 fully saturated rings. The molecule has 4 heteroatoms. The smallest absolute Gasteiger partial charge is 0.143 e. The molecule has 13 aromatic rings. The number of benzene rings is 11. The van der Waals surface area contributed by atoms with Crippen molar-refractivity contribution in [1.29, 1.82) is 0 Å². The fourth-order valence-corrected chi connectivity index (χ4v) is 10.6. The second-order valence-corrected chi connectivity index (χ2v) is 19.3. The Labute approximate surface area is 406 Å². The third-order valence-electron chi connectivity index (χ3n) is 13.9. The average molecular weight is 901 g/mol. The van der Waals surface area contributed by atoms with Crippen LogP contribution in [0.1, 0.15) is 26.3 Å². The molecular formula is C66H48N2O2. The van der Waals surface area contributed by atoms with Crippen molar-refractivity contribution in [2.45, 2.75) is 26.2 Å². The van der Waals surface area contributed by atoms with Gasteiger partial charge in [-0.2, -0.15) is 0 Å². The maximum absolute atomic E-state index is 6.62. The predicted molar refractivity (Wildman–Crippen MR) is 295 cm³/mol. The Bertz CT molecular complexity index is 4120. The van der Waals surface area contributed by atoms with Gasteiger partial charge in [-0.05, 0) is 88.8 Å². The van der Waals surface area contributed by atoms with Gasteiger partial charge in [0.25, 0.3) is 0 Å². The lowest BCUT2D eigenvalue weighted by Crippen LogP contribution is -2.16. The molecule has 0 saturated heterocycles. The Morgan fingerprint density at radius 3 is 1.17 bits per heavy atom. The molecule has 70 heavy (non-hydrogen) atoms. The van der Waals surface area contributed by atoms with E-state index in [1.54, 1.807) is 0 Å². The van der Waals surface area contributed by atoms with Crippen molar-refractivity contribution in [3.8, 4) is 22.3 Å². The second kappa shape index (κ2) is 16.4. The van der Waals surface area contributed by atoms with Crippen LogP contribution in [-0.4, -0.2) is 0 Å². The molecule has 2 aromatic heterocycles. The molecule has 0 aliphatic carbocycles. The summed E-state index contributed by atoms with van der Waals surface area (Å²) >= 11 is 0. The second-order valence-electron chi connectivity index (χ2n) is 19.3. The summed E-state index contributed by atoms with van der Waals surface area (Å²) in [7, 11) is 0. The molecule has 0 aliphatic rings. The highest BCUT2D eigenvalue weighted by Gasteiger charge is 2.28. The zero-order chi connectivity index (χ0) is 46.9. The maximum Gasteiger partial charge on any atom is 0.143 e. The van der Waals surface area contributed by atoms with Crippen LogP contribution < -0.4 is 9.80 Å². The van der Waals surface area contributed by atoms with Gasteiger partial charge in [0, 0.05) is 77.0 Å². The van der Waals surface area contributed by atoms with Crippen molar-refractivity contribution >= 4 is 99.5 Å². The van der Waals surface area contributed by atoms with Crippen LogP contribution in [0.2, 0.25) is 0 Å². The molecule has 0 aliphatic heterocycles. The van der Waals surface area contributed by atoms with E-state index in [2.05, 4.69) is 255 Å². The van der Waals surface area contributed by atoms with E-state index in [-0.39, 0.29) is 5.41 Å². The Morgan fingerprint density at radius 2 is 0.686 bits per heavy atom. The number of fused-ring (bicyclic) bond motifs is 8. The predicted octanol–water partition coefficient (Wildman–Crippen LogP) is 19.4. The molecule has 0 unspecified atom stereocenters. The lowest BCUT2D eigenvalue weighted by Gasteiger charge is -2.33. The molecule has 11 aromatic carbocycles. The van der Waals surface area contributed by atoms with E-state index in [1.165, 1.54) is 5.56 Å². The van der Waals surface area contributed by atoms with E-state index in [4.69, 9.17) is 8.83 Å². The summed E-state index contributed by atoms with van der Waals surface area (Å²) < 4.78 is 13.2. The Balaban J connectivity index is 1.08. The summed E-state index contributed by atoms with van der Waals surface area (Å²) in [4.78, 5) is 4.92. The van der Waals surface area contributed by atoms with Crippen molar-refractivity contribution in [2.24, 2.45) is 0 Å². The molecule has 4 nitrogen and oxygen atoms in total. The van der Waals surface area contributed by atoms with Crippen LogP contribution in [0.4, 0.5) is 34.1 Å². The standard InChI is InChI=1S/C66H48N2O2/c1-66(2,3)45-38-39-56-59(42-45)63(68(47-24-8-5-9-25-47)49-27-17-21-44(41-49)51-33-19-35-58-53-29-13-15-37-61(53)70-65(51)58)55-31-11-10-30-54(55)62(56)67(46-22-6-4-7-23-46)48-26-16-20-43(40-48)50-32-18-34-57-52-28-12-14-36-60(52)69-64(50)57/h4-42H,1-3H3. The lowest BCUT2D eigenvalue weighted by molar-refractivity contribution is 0.591. The first-order chi connectivity index (χ1) is 34.4. The zero-order valence-electron chi connectivity index (χ0n) is 39.2. The third kappa shape index (κ3) is 6.83. The topological polar surface area (TPSA) is 32.8 Å². The van der Waals surface area contributed by atoms with E-state index in [0.717, 1.165) is 122 Å². The Hall–Kier alpha value is -8.86. The quantitative estimate of drug-likeness (QED) is 0.112. The summed E-state index contributed by atoms with van der Waals surface area (Å²) in [5.41, 5.74) is 15.4. The molecule has 334 valence electrons. The first kappa shape index (κ1) is 41.3. The number of nitrogens with zero attached hydrogens (tertiary/aromatic N) is 2. The first-order valence-corrected chi connectivity index (χ1v) is 24.1. The van der Waals surface area contributed by atoms with E-state index in [9.17, 15) is 0 Å². The number of hydrogen-bond donors (Lipinski definition) is 0. The minimum atomic E-state index is -0.120. The fourth-order valence-electron chi connectivity index (χ4n) is 10.6. The molecule has 0 radical (unpaired) electrons. The van der Waals surface area contributed by atoms with Crippen molar-refractivity contribution in [3.63, 3.8) is 0 Å². The van der Waals surface area contributed by atoms with Crippen LogP contribution in [0.25, 0.3) is 87.7 Å². The number of hydrogen-bond acceptors (Lipinski definition) is 4. The minimum absolute atomic E-state index is 0.120. The number of anilines is 6. The molecule has 13 rings (SSSR count). The average Bonchev–Trinajstić information content (AvgIpc) is 3.99. The highest BCUT2D eigenvalue weighted by Crippen LogP contribution is 2.52. The third-order valence-corrected chi connectivity index (χ3v) is 13.9. The monoisotopic (exact) mass is 900 g/mol. The van der Waals surface area contributed by atoms with Gasteiger partial charge in [-0.15, -0.1) is 0 Å². The molecule has 0 N–H and O–H groups in total. The summed E-state index contributed by atoms with van der Waals surface area (Å²) in [5, 5.41) is 9.02. The van der Waals surface area contributed by atoms with Gasteiger partial charge < -0.3 is 18.6 Å². The summed E-state index contributed by atoms with van der Waals surface area (Å²) in [6, 6.07) is 85.1. The lowest BCUT2D eigenvalue weighted by atomic mass is 9.84. The Kier molecular flexibility index (Phi) is 9.70. The summed E-state index contributed by atoms with van der Waals surface area (Å²) in [6.07, 6.45) is 0. The molecule has 0 atom stereocenters. The molecule has 0 spiro atoms. The van der Waals surface area contributed by atoms with Crippen LogP contribution in [0, 0.1) is 0 Å². The molecule has 0 bridgehead atoms. The van der Waals surface area contributed by atoms with E-state index in [1.807, 2.05) is 12.1 Å². The zero-order valence-corrected chi connectivity index (χ0v) is 39.2. The molecular weight excluding hydrogens is 853 g/mol. The van der Waals surface area contributed by atoms with Crippen molar-refractivity contribution in [3.05, 3.63) is 242 Å². The Morgan fingerprint density at radius 1 is 0.300 bits per heavy atom. The largest absolute Gasteiger partial charge is 0.455 e. The normalized spacial score (nSPS) is 11.9. The first-order valence-electron chi connectivity index (χ1n) is 24.1. The van der Waals surface area contributed by atoms with Crippen molar-refractivity contribution < 1.29 is 8.83 Å². The van der Waals surface area contributed by atoms with Crippen LogP contribution in [0.15, 0.2) is 245 Å². The highest BCUT2D eigenvalue weighted by atomic mass is 16.3. The van der Waals surface area contributed by atoms with Crippen LogP contribution in [-0.2, 0) is 5.41 Å². The molecule has 0 saturated carbocycles. The van der Waals surface area contributed by atoms with Crippen LogP contribution in [0.5, 0.6) is 0 Å². The molecule has 2 heterocycles. The van der Waals surface area contributed by atoms with E-state index >= 15 is 0 Å². The number of para-hydroxylation sites is 6. The van der Waals surface area contributed by atoms with Crippen molar-refractivity contribution in [2.75, 3.05) is 9.80 Å². The summed E-state index contributed by atoms with van der Waals surface area (Å²) in [6.45, 7) is 6.91. The van der Waals surface area contributed by atoms with Gasteiger partial charge in [-0.25, -0.2) is 0 Å². The number of furan rings is 2. The van der Waals surface area contributed by atoms with Crippen LogP contribution in [0.3, 0.4) is 0 Å². The van der Waals surface area contributed by atoms with Gasteiger partial charge in [0.1, 0.15) is 22.3 Å². The minimum Gasteiger partial charge on any atom is -0.455 e. The highest BCUT2D eigenvalue weighted by molar-refractivity contribution is 6.24. The van der Waals surface area contributed by atoms with Gasteiger partial charge in [-0.1, -0.05) is 191 Å². The maximum atomic E-state index is 6.62. The van der Waals surface area contributed by atoms with Gasteiger partial charge in [0.15, 0.2) is 0 Å². The number of rotatable bonds is 8. The van der Waals surface area contributed by atoms with Gasteiger partial charge in [-0.3, -0.25) is 0 Å². The van der Waals surface area contributed by atoms with Crippen LogP contribution >= 0.6 is 0 Å². The van der Waals surface area contributed by atoms with Gasteiger partial charge in [0.2, 0.25) is 0 Å². The SMILES string of the molecule is CC(C)(C)c1ccc2c(N(c3ccccc3)c3cccc(-c4cccc5c4oc4ccccc45)c3)c3ccccc3c(N(c3ccccc3)c3cccc(-c4cccc5c4oc4ccccc45)c3)c2c1. The molecule has 0 amide bonds.